The Morgan fingerprint density at radius 1 is 1.20 bits per heavy atom. The van der Waals surface area contributed by atoms with Crippen molar-refractivity contribution in [2.75, 3.05) is 0 Å². The summed E-state index contributed by atoms with van der Waals surface area (Å²) in [7, 11) is 0. The molecular formula is C17H25N3. The van der Waals surface area contributed by atoms with E-state index in [1.54, 1.807) is 0 Å². The minimum atomic E-state index is 0.223. The van der Waals surface area contributed by atoms with Gasteiger partial charge in [-0.1, -0.05) is 45.0 Å². The first kappa shape index (κ1) is 14.8. The van der Waals surface area contributed by atoms with Gasteiger partial charge in [-0.2, -0.15) is 0 Å². The number of hydrogen-bond acceptors (Lipinski definition) is 2. The second kappa shape index (κ2) is 6.23. The van der Waals surface area contributed by atoms with Crippen molar-refractivity contribution in [3.05, 3.63) is 54.1 Å². The van der Waals surface area contributed by atoms with E-state index in [4.69, 9.17) is 0 Å². The molecule has 2 rings (SSSR count). The van der Waals surface area contributed by atoms with E-state index < -0.39 is 0 Å². The van der Waals surface area contributed by atoms with E-state index in [0.29, 0.717) is 6.04 Å². The summed E-state index contributed by atoms with van der Waals surface area (Å²) in [5.74, 6) is 0. The van der Waals surface area contributed by atoms with Crippen LogP contribution in [0.1, 0.15) is 38.8 Å². The van der Waals surface area contributed by atoms with Gasteiger partial charge in [-0.25, -0.2) is 4.98 Å². The van der Waals surface area contributed by atoms with Crippen molar-refractivity contribution < 1.29 is 0 Å². The molecule has 0 bridgehead atoms. The minimum Gasteiger partial charge on any atom is -0.336 e. The highest BCUT2D eigenvalue weighted by atomic mass is 15.1. The highest BCUT2D eigenvalue weighted by Gasteiger charge is 2.12. The molecule has 3 heteroatoms. The summed E-state index contributed by atoms with van der Waals surface area (Å²) in [6, 6.07) is 9.33. The highest BCUT2D eigenvalue weighted by Crippen LogP contribution is 2.22. The maximum atomic E-state index is 4.06. The van der Waals surface area contributed by atoms with E-state index in [0.717, 1.165) is 13.1 Å². The van der Waals surface area contributed by atoms with Gasteiger partial charge in [0.05, 0.1) is 6.33 Å². The molecule has 0 saturated heterocycles. The zero-order valence-electron chi connectivity index (χ0n) is 12.9. The molecule has 1 aromatic heterocycles. The SMILES string of the molecule is CC(Cn1ccnc1)NCc1ccc(C(C)(C)C)cc1. The fraction of sp³-hybridized carbons (Fsp3) is 0.471. The number of nitrogens with zero attached hydrogens (tertiary/aromatic N) is 2. The van der Waals surface area contributed by atoms with Crippen molar-refractivity contribution in [1.82, 2.24) is 14.9 Å². The summed E-state index contributed by atoms with van der Waals surface area (Å²) in [5.41, 5.74) is 2.93. The number of nitrogens with one attached hydrogen (secondary N) is 1. The summed E-state index contributed by atoms with van der Waals surface area (Å²) in [6.07, 6.45) is 5.67. The van der Waals surface area contributed by atoms with Gasteiger partial charge in [-0.05, 0) is 23.5 Å². The molecule has 0 aliphatic rings. The Hall–Kier alpha value is -1.61. The van der Waals surface area contributed by atoms with E-state index >= 15 is 0 Å². The highest BCUT2D eigenvalue weighted by molar-refractivity contribution is 5.27. The van der Waals surface area contributed by atoms with Gasteiger partial charge in [-0.15, -0.1) is 0 Å². The van der Waals surface area contributed by atoms with Gasteiger partial charge in [0, 0.05) is 31.5 Å². The second-order valence-electron chi connectivity index (χ2n) is 6.49. The lowest BCUT2D eigenvalue weighted by atomic mass is 9.87. The fourth-order valence-corrected chi connectivity index (χ4v) is 2.19. The smallest absolute Gasteiger partial charge is 0.0946 e. The average Bonchev–Trinajstić information content (AvgIpc) is 2.88. The van der Waals surface area contributed by atoms with Gasteiger partial charge in [0.15, 0.2) is 0 Å². The Kier molecular flexibility index (Phi) is 4.61. The molecule has 0 radical (unpaired) electrons. The maximum Gasteiger partial charge on any atom is 0.0946 e. The van der Waals surface area contributed by atoms with Crippen molar-refractivity contribution in [3.8, 4) is 0 Å². The number of hydrogen-bond donors (Lipinski definition) is 1. The Bertz CT molecular complexity index is 506. The Balaban J connectivity index is 1.84. The molecule has 1 atom stereocenters. The summed E-state index contributed by atoms with van der Waals surface area (Å²) in [6.45, 7) is 10.8. The van der Waals surface area contributed by atoms with Crippen LogP contribution in [0, 0.1) is 0 Å². The second-order valence-corrected chi connectivity index (χ2v) is 6.49. The van der Waals surface area contributed by atoms with Crippen LogP contribution in [0.3, 0.4) is 0 Å². The fourth-order valence-electron chi connectivity index (χ4n) is 2.19. The third-order valence-corrected chi connectivity index (χ3v) is 3.52. The van der Waals surface area contributed by atoms with Crippen LogP contribution in [0.2, 0.25) is 0 Å². The van der Waals surface area contributed by atoms with E-state index in [1.165, 1.54) is 11.1 Å². The molecule has 1 unspecified atom stereocenters. The van der Waals surface area contributed by atoms with Crippen LogP contribution in [0.15, 0.2) is 43.0 Å². The Morgan fingerprint density at radius 2 is 1.90 bits per heavy atom. The predicted octanol–water partition coefficient (Wildman–Crippen LogP) is 3.36. The van der Waals surface area contributed by atoms with Crippen LogP contribution in [0.5, 0.6) is 0 Å². The standard InChI is InChI=1S/C17H25N3/c1-14(12-20-10-9-18-13-20)19-11-15-5-7-16(8-6-15)17(2,3)4/h5-10,13-14,19H,11-12H2,1-4H3. The first-order chi connectivity index (χ1) is 9.45. The number of benzene rings is 1. The largest absolute Gasteiger partial charge is 0.336 e. The quantitative estimate of drug-likeness (QED) is 0.903. The number of aromatic nitrogens is 2. The van der Waals surface area contributed by atoms with Gasteiger partial charge >= 0.3 is 0 Å². The van der Waals surface area contributed by atoms with Crippen molar-refractivity contribution in [2.45, 2.75) is 52.2 Å². The Morgan fingerprint density at radius 3 is 2.45 bits per heavy atom. The van der Waals surface area contributed by atoms with Gasteiger partial charge in [-0.3, -0.25) is 0 Å². The molecule has 0 aliphatic heterocycles. The van der Waals surface area contributed by atoms with Crippen molar-refractivity contribution in [3.63, 3.8) is 0 Å². The first-order valence-corrected chi connectivity index (χ1v) is 7.24. The lowest BCUT2D eigenvalue weighted by molar-refractivity contribution is 0.476. The molecule has 1 N–H and O–H groups in total. The molecule has 0 spiro atoms. The van der Waals surface area contributed by atoms with Gasteiger partial charge < -0.3 is 9.88 Å². The van der Waals surface area contributed by atoms with Crippen molar-refractivity contribution in [2.24, 2.45) is 0 Å². The Labute approximate surface area is 122 Å². The van der Waals surface area contributed by atoms with Crippen molar-refractivity contribution in [1.29, 1.82) is 0 Å². The maximum absolute atomic E-state index is 4.06. The summed E-state index contributed by atoms with van der Waals surface area (Å²) in [4.78, 5) is 4.06. The predicted molar refractivity (Wildman–Crippen MR) is 83.7 cm³/mol. The summed E-state index contributed by atoms with van der Waals surface area (Å²) >= 11 is 0. The van der Waals surface area contributed by atoms with Crippen LogP contribution in [-0.4, -0.2) is 15.6 Å². The zero-order valence-corrected chi connectivity index (χ0v) is 12.9. The number of rotatable bonds is 5. The van der Waals surface area contributed by atoms with Crippen LogP contribution in [0.25, 0.3) is 0 Å². The molecule has 1 aromatic carbocycles. The summed E-state index contributed by atoms with van der Waals surface area (Å²) < 4.78 is 2.10. The molecular weight excluding hydrogens is 246 g/mol. The molecule has 108 valence electrons. The van der Waals surface area contributed by atoms with Crippen LogP contribution in [0.4, 0.5) is 0 Å². The van der Waals surface area contributed by atoms with Crippen LogP contribution >= 0.6 is 0 Å². The van der Waals surface area contributed by atoms with E-state index in [-0.39, 0.29) is 5.41 Å². The van der Waals surface area contributed by atoms with Crippen molar-refractivity contribution >= 4 is 0 Å². The van der Waals surface area contributed by atoms with Gasteiger partial charge in [0.25, 0.3) is 0 Å². The molecule has 3 nitrogen and oxygen atoms in total. The van der Waals surface area contributed by atoms with Crippen LogP contribution < -0.4 is 5.32 Å². The number of imidazole rings is 1. The lowest BCUT2D eigenvalue weighted by Crippen LogP contribution is -2.29. The molecule has 0 fully saturated rings. The zero-order chi connectivity index (χ0) is 14.6. The minimum absolute atomic E-state index is 0.223. The molecule has 2 aromatic rings. The topological polar surface area (TPSA) is 29.9 Å². The summed E-state index contributed by atoms with van der Waals surface area (Å²) in [5, 5.41) is 3.55. The van der Waals surface area contributed by atoms with E-state index in [2.05, 4.69) is 66.8 Å². The van der Waals surface area contributed by atoms with E-state index in [1.807, 2.05) is 18.7 Å². The van der Waals surface area contributed by atoms with Gasteiger partial charge in [0.2, 0.25) is 0 Å². The molecule has 1 heterocycles. The third kappa shape index (κ3) is 4.20. The monoisotopic (exact) mass is 271 g/mol. The van der Waals surface area contributed by atoms with Gasteiger partial charge in [0.1, 0.15) is 0 Å². The van der Waals surface area contributed by atoms with E-state index in [9.17, 15) is 0 Å². The first-order valence-electron chi connectivity index (χ1n) is 7.24. The average molecular weight is 271 g/mol. The molecule has 0 saturated carbocycles. The normalized spacial score (nSPS) is 13.4. The molecule has 20 heavy (non-hydrogen) atoms. The molecule has 0 aliphatic carbocycles. The lowest BCUT2D eigenvalue weighted by Gasteiger charge is -2.19. The van der Waals surface area contributed by atoms with Crippen LogP contribution in [-0.2, 0) is 18.5 Å². The molecule has 0 amide bonds. The third-order valence-electron chi connectivity index (χ3n) is 3.52.